The number of carbonyl (C=O) groups is 2. The third-order valence-electron chi connectivity index (χ3n) is 6.25. The predicted octanol–water partition coefficient (Wildman–Crippen LogP) is -2.06. The van der Waals surface area contributed by atoms with Crippen molar-refractivity contribution in [3.8, 4) is 11.5 Å². The molecule has 1 aliphatic carbocycles. The quantitative estimate of drug-likeness (QED) is 0.0839. The number of aliphatic hydroxyl groups excluding tert-OH is 2. The summed E-state index contributed by atoms with van der Waals surface area (Å²) in [7, 11) is 4.77. The van der Waals surface area contributed by atoms with Gasteiger partial charge in [-0.2, -0.15) is 0 Å². The molecular weight excluding hydrogens is 559 g/mol. The smallest absolute Gasteiger partial charge is 0.335 e. The number of rotatable bonds is 4. The fourth-order valence-electron chi connectivity index (χ4n) is 4.01. The number of aromatic hydroxyl groups is 2. The van der Waals surface area contributed by atoms with Gasteiger partial charge in [-0.1, -0.05) is 6.07 Å². The molecule has 4 rings (SSSR count). The number of benzene rings is 1. The molecule has 0 saturated heterocycles. The molecular formula is C24H28KN4O11. The van der Waals surface area contributed by atoms with Gasteiger partial charge in [0.15, 0.2) is 28.3 Å². The van der Waals surface area contributed by atoms with Gasteiger partial charge in [0.2, 0.25) is 0 Å². The summed E-state index contributed by atoms with van der Waals surface area (Å²) in [5, 5.41) is 57.0. The number of aliphatic carboxylic acids is 1. The Bertz CT molecular complexity index is 1560. The Morgan fingerprint density at radius 3 is 2.33 bits per heavy atom. The Labute approximate surface area is 268 Å². The van der Waals surface area contributed by atoms with E-state index in [0.29, 0.717) is 16.7 Å². The summed E-state index contributed by atoms with van der Waals surface area (Å²) in [5.41, 5.74) is -1.76. The first kappa shape index (κ1) is 33.4. The largest absolute Gasteiger partial charge is 0.504 e. The van der Waals surface area contributed by atoms with Crippen molar-refractivity contribution in [3.05, 3.63) is 57.0 Å². The average molecular weight is 588 g/mol. The fraction of sp³-hybridized carbons (Fsp3) is 0.375. The Hall–Kier alpha value is -2.83. The Morgan fingerprint density at radius 1 is 1.07 bits per heavy atom. The number of ether oxygens (including phenoxy) is 1. The molecule has 0 spiro atoms. The molecule has 0 unspecified atom stereocenters. The van der Waals surface area contributed by atoms with Gasteiger partial charge in [0.1, 0.15) is 12.2 Å². The van der Waals surface area contributed by atoms with Crippen molar-refractivity contribution in [2.24, 2.45) is 21.1 Å². The number of carboxylic acids is 1. The number of imidazole rings is 1. The predicted molar refractivity (Wildman–Crippen MR) is 139 cm³/mol. The molecule has 1 aliphatic rings. The van der Waals surface area contributed by atoms with Gasteiger partial charge in [0.05, 0.1) is 12.4 Å². The maximum Gasteiger partial charge on any atom is 0.335 e. The van der Waals surface area contributed by atoms with Crippen molar-refractivity contribution >= 4 is 80.6 Å². The molecule has 2 heterocycles. The number of phenols is 2. The van der Waals surface area contributed by atoms with E-state index in [1.54, 1.807) is 18.7 Å². The minimum Gasteiger partial charge on any atom is -0.504 e. The van der Waals surface area contributed by atoms with E-state index in [1.807, 2.05) is 0 Å². The maximum atomic E-state index is 11.8. The number of aromatic nitrogens is 4. The molecule has 16 heteroatoms. The molecule has 211 valence electrons. The van der Waals surface area contributed by atoms with Gasteiger partial charge in [0, 0.05) is 91.4 Å². The van der Waals surface area contributed by atoms with Crippen LogP contribution in [-0.4, -0.2) is 137 Å². The fourth-order valence-corrected chi connectivity index (χ4v) is 4.01. The van der Waals surface area contributed by atoms with E-state index in [0.717, 1.165) is 10.6 Å². The van der Waals surface area contributed by atoms with E-state index in [-0.39, 0.29) is 74.1 Å². The van der Waals surface area contributed by atoms with Gasteiger partial charge in [0.25, 0.3) is 5.56 Å². The molecule has 0 amide bonds. The van der Waals surface area contributed by atoms with Crippen molar-refractivity contribution in [1.82, 2.24) is 18.7 Å². The second-order valence-corrected chi connectivity index (χ2v) is 9.09. The second-order valence-electron chi connectivity index (χ2n) is 9.09. The molecule has 1 radical (unpaired) electrons. The summed E-state index contributed by atoms with van der Waals surface area (Å²) in [5.74, 6) is -3.24. The number of hydrogen-bond donors (Lipinski definition) is 6. The van der Waals surface area contributed by atoms with Gasteiger partial charge < -0.3 is 39.9 Å². The number of carboxylic acid groups (broad SMARTS) is 1. The third kappa shape index (κ3) is 7.08. The van der Waals surface area contributed by atoms with Crippen LogP contribution in [0, 0.1) is 0 Å². The zero-order valence-corrected chi connectivity index (χ0v) is 25.2. The number of nitrogens with zero attached hydrogens (tertiary/aromatic N) is 4. The number of aryl methyl sites for hydroxylation is 2. The SMILES string of the molecule is Cn1c(=O)c2c(ncn2C)n(C)c1=O.O=C(C=Cc1ccc(O)c(O)c1)O[C@@H]1C[C@](O)(C(=O)O)C[C@@H](O)[C@H]1O.[K]. The number of aliphatic hydroxyl groups is 3. The Morgan fingerprint density at radius 2 is 1.73 bits per heavy atom. The van der Waals surface area contributed by atoms with Crippen LogP contribution in [-0.2, 0) is 35.5 Å². The first-order valence-electron chi connectivity index (χ1n) is 11.5. The van der Waals surface area contributed by atoms with Crippen molar-refractivity contribution in [2.75, 3.05) is 0 Å². The van der Waals surface area contributed by atoms with Crippen molar-refractivity contribution < 1.29 is 45.0 Å². The maximum absolute atomic E-state index is 11.8. The topological polar surface area (TPSA) is 227 Å². The van der Waals surface area contributed by atoms with Gasteiger partial charge in [-0.3, -0.25) is 13.9 Å². The third-order valence-corrected chi connectivity index (χ3v) is 6.25. The molecule has 40 heavy (non-hydrogen) atoms. The van der Waals surface area contributed by atoms with E-state index in [4.69, 9.17) is 9.84 Å². The minimum absolute atomic E-state index is 0. The summed E-state index contributed by atoms with van der Waals surface area (Å²) in [6, 6.07) is 3.83. The molecule has 1 aromatic carbocycles. The monoisotopic (exact) mass is 587 g/mol. The number of fused-ring (bicyclic) bond motifs is 1. The molecule has 2 aromatic heterocycles. The second kappa shape index (κ2) is 13.2. The summed E-state index contributed by atoms with van der Waals surface area (Å²) in [6.07, 6.45) is -1.92. The van der Waals surface area contributed by atoms with Crippen molar-refractivity contribution in [1.29, 1.82) is 0 Å². The van der Waals surface area contributed by atoms with Crippen LogP contribution < -0.4 is 11.2 Å². The van der Waals surface area contributed by atoms with E-state index < -0.39 is 48.7 Å². The zero-order chi connectivity index (χ0) is 29.2. The molecule has 4 atom stereocenters. The zero-order valence-electron chi connectivity index (χ0n) is 22.1. The normalized spacial score (nSPS) is 22.3. The first-order chi connectivity index (χ1) is 18.2. The van der Waals surface area contributed by atoms with Gasteiger partial charge in [-0.25, -0.2) is 19.4 Å². The van der Waals surface area contributed by atoms with Crippen LogP contribution >= 0.6 is 0 Å². The van der Waals surface area contributed by atoms with Crippen LogP contribution in [0.25, 0.3) is 17.2 Å². The minimum atomic E-state index is -2.31. The van der Waals surface area contributed by atoms with Crippen LogP contribution in [0.2, 0.25) is 0 Å². The van der Waals surface area contributed by atoms with E-state index in [1.165, 1.54) is 42.2 Å². The van der Waals surface area contributed by atoms with Crippen LogP contribution in [0.5, 0.6) is 11.5 Å². The molecule has 6 N–H and O–H groups in total. The summed E-state index contributed by atoms with van der Waals surface area (Å²) in [6.45, 7) is 0. The van der Waals surface area contributed by atoms with Gasteiger partial charge in [-0.05, 0) is 23.8 Å². The first-order valence-corrected chi connectivity index (χ1v) is 11.5. The Balaban J connectivity index is 0.000000316. The Kier molecular flexibility index (Phi) is 11.0. The number of esters is 1. The standard InChI is InChI=1S/C16H18O9.C8H10N4O2.K/c17-9-3-1-8(5-10(9)18)2-4-13(20)25-12-7-16(24,15(22)23)6-11(19)14(12)21;1-10-4-9-6-5(10)7(13)12(3)8(14)11(6)2;/h1-5,11-12,14,17-19,21,24H,6-7H2,(H,22,23);4H,1-3H3;/t11-,12-,14-,16+;;/m1../s1. The molecule has 1 fully saturated rings. The number of carbonyl (C=O) groups excluding carboxylic acids is 1. The average Bonchev–Trinajstić information content (AvgIpc) is 3.27. The molecule has 0 aliphatic heterocycles. The van der Waals surface area contributed by atoms with Crippen LogP contribution in [0.4, 0.5) is 0 Å². The van der Waals surface area contributed by atoms with Crippen LogP contribution in [0.3, 0.4) is 0 Å². The number of phenolic OH excluding ortho intramolecular Hbond substituents is 2. The summed E-state index contributed by atoms with van der Waals surface area (Å²) < 4.78 is 8.96. The number of hydrogen-bond acceptors (Lipinski definition) is 11. The van der Waals surface area contributed by atoms with E-state index in [2.05, 4.69) is 4.98 Å². The van der Waals surface area contributed by atoms with Crippen molar-refractivity contribution in [2.45, 2.75) is 36.8 Å². The molecule has 1 saturated carbocycles. The van der Waals surface area contributed by atoms with Crippen LogP contribution in [0.15, 0.2) is 40.2 Å². The molecule has 3 aromatic rings. The van der Waals surface area contributed by atoms with Crippen molar-refractivity contribution in [3.63, 3.8) is 0 Å². The van der Waals surface area contributed by atoms with E-state index >= 15 is 0 Å². The van der Waals surface area contributed by atoms with E-state index in [9.17, 15) is 44.7 Å². The molecule has 0 bridgehead atoms. The summed E-state index contributed by atoms with van der Waals surface area (Å²) >= 11 is 0. The van der Waals surface area contributed by atoms with Gasteiger partial charge >= 0.3 is 17.6 Å². The van der Waals surface area contributed by atoms with Crippen LogP contribution in [0.1, 0.15) is 18.4 Å². The summed E-state index contributed by atoms with van der Waals surface area (Å²) in [4.78, 5) is 50.1. The molecule has 15 nitrogen and oxygen atoms in total. The van der Waals surface area contributed by atoms with Gasteiger partial charge in [-0.15, -0.1) is 0 Å².